The summed E-state index contributed by atoms with van der Waals surface area (Å²) in [5, 5.41) is 3.03. The number of ether oxygens (including phenoxy) is 3. The molecule has 1 amide bonds. The standard InChI is InChI=1S/C19H20FN3O4/c20-12-9-21-19(22-10-12)26-14-7-5-13(6-8-14)23-18(24)17-11-25-15-3-1-2-4-16(15)27-17/h1-4,9-10,13-14,17H,5-8,11H2,(H,23,24)/t13?,14?,17-/m1/s1. The zero-order chi connectivity index (χ0) is 18.6. The third kappa shape index (κ3) is 4.27. The Morgan fingerprint density at radius 1 is 1.11 bits per heavy atom. The van der Waals surface area contributed by atoms with Gasteiger partial charge in [-0.3, -0.25) is 4.79 Å². The van der Waals surface area contributed by atoms with Crippen molar-refractivity contribution in [3.8, 4) is 17.5 Å². The molecule has 1 aliphatic carbocycles. The third-order valence-corrected chi connectivity index (χ3v) is 4.69. The van der Waals surface area contributed by atoms with Gasteiger partial charge in [-0.2, -0.15) is 0 Å². The second-order valence-corrected chi connectivity index (χ2v) is 6.65. The molecule has 1 saturated carbocycles. The molecule has 2 aliphatic rings. The second-order valence-electron chi connectivity index (χ2n) is 6.65. The third-order valence-electron chi connectivity index (χ3n) is 4.69. The van der Waals surface area contributed by atoms with E-state index in [1.807, 2.05) is 18.2 Å². The fourth-order valence-corrected chi connectivity index (χ4v) is 3.28. The van der Waals surface area contributed by atoms with E-state index in [4.69, 9.17) is 14.2 Å². The molecule has 1 fully saturated rings. The molecule has 142 valence electrons. The number of carbonyl (C=O) groups is 1. The van der Waals surface area contributed by atoms with Crippen LogP contribution in [0.4, 0.5) is 4.39 Å². The van der Waals surface area contributed by atoms with Gasteiger partial charge in [0.15, 0.2) is 17.3 Å². The fraction of sp³-hybridized carbons (Fsp3) is 0.421. The maximum atomic E-state index is 12.8. The number of nitrogens with one attached hydrogen (secondary N) is 1. The Kier molecular flexibility index (Phi) is 5.04. The van der Waals surface area contributed by atoms with E-state index in [1.165, 1.54) is 0 Å². The summed E-state index contributed by atoms with van der Waals surface area (Å²) < 4.78 is 29.8. The van der Waals surface area contributed by atoms with Crippen molar-refractivity contribution in [3.63, 3.8) is 0 Å². The zero-order valence-electron chi connectivity index (χ0n) is 14.6. The van der Waals surface area contributed by atoms with Gasteiger partial charge in [-0.15, -0.1) is 0 Å². The van der Waals surface area contributed by atoms with Crippen LogP contribution in [0.1, 0.15) is 25.7 Å². The quantitative estimate of drug-likeness (QED) is 0.885. The molecule has 0 radical (unpaired) electrons. The van der Waals surface area contributed by atoms with E-state index in [1.54, 1.807) is 6.07 Å². The number of carbonyl (C=O) groups excluding carboxylic acids is 1. The highest BCUT2D eigenvalue weighted by molar-refractivity contribution is 5.82. The van der Waals surface area contributed by atoms with Gasteiger partial charge >= 0.3 is 6.01 Å². The average Bonchev–Trinajstić information content (AvgIpc) is 2.71. The summed E-state index contributed by atoms with van der Waals surface area (Å²) in [7, 11) is 0. The van der Waals surface area contributed by atoms with Crippen molar-refractivity contribution in [1.29, 1.82) is 0 Å². The van der Waals surface area contributed by atoms with Crippen LogP contribution in [0.15, 0.2) is 36.7 Å². The van der Waals surface area contributed by atoms with Crippen molar-refractivity contribution in [2.75, 3.05) is 6.61 Å². The molecule has 0 unspecified atom stereocenters. The van der Waals surface area contributed by atoms with Gasteiger partial charge in [-0.25, -0.2) is 14.4 Å². The predicted molar refractivity (Wildman–Crippen MR) is 93.2 cm³/mol. The number of halogens is 1. The number of benzene rings is 1. The molecule has 7 nitrogen and oxygen atoms in total. The Hall–Kier alpha value is -2.90. The Morgan fingerprint density at radius 2 is 1.81 bits per heavy atom. The molecule has 1 aromatic carbocycles. The van der Waals surface area contributed by atoms with Crippen LogP contribution >= 0.6 is 0 Å². The molecule has 0 saturated heterocycles. The van der Waals surface area contributed by atoms with Crippen molar-refractivity contribution in [2.24, 2.45) is 0 Å². The average molecular weight is 373 g/mol. The second kappa shape index (κ2) is 7.77. The van der Waals surface area contributed by atoms with E-state index < -0.39 is 11.9 Å². The van der Waals surface area contributed by atoms with Gasteiger partial charge < -0.3 is 19.5 Å². The van der Waals surface area contributed by atoms with E-state index in [-0.39, 0.29) is 30.7 Å². The van der Waals surface area contributed by atoms with E-state index in [0.29, 0.717) is 11.5 Å². The smallest absolute Gasteiger partial charge is 0.316 e. The molecule has 4 rings (SSSR count). The first kappa shape index (κ1) is 17.5. The summed E-state index contributed by atoms with van der Waals surface area (Å²) in [5.41, 5.74) is 0. The largest absolute Gasteiger partial charge is 0.485 e. The Balaban J connectivity index is 1.24. The minimum Gasteiger partial charge on any atom is -0.485 e. The van der Waals surface area contributed by atoms with Crippen LogP contribution in [0, 0.1) is 5.82 Å². The van der Waals surface area contributed by atoms with E-state index in [9.17, 15) is 9.18 Å². The summed E-state index contributed by atoms with van der Waals surface area (Å²) in [6.45, 7) is 0.198. The lowest BCUT2D eigenvalue weighted by Gasteiger charge is -2.31. The van der Waals surface area contributed by atoms with E-state index in [2.05, 4.69) is 15.3 Å². The molecule has 1 N–H and O–H groups in total. The van der Waals surface area contributed by atoms with E-state index in [0.717, 1.165) is 38.1 Å². The van der Waals surface area contributed by atoms with Crippen LogP contribution in [0.25, 0.3) is 0 Å². The number of fused-ring (bicyclic) bond motifs is 1. The summed E-state index contributed by atoms with van der Waals surface area (Å²) in [4.78, 5) is 20.1. The van der Waals surface area contributed by atoms with Crippen molar-refractivity contribution < 1.29 is 23.4 Å². The minimum absolute atomic E-state index is 0.0373. The molecular formula is C19H20FN3O4. The van der Waals surface area contributed by atoms with Crippen LogP contribution in [-0.4, -0.2) is 40.7 Å². The molecule has 0 bridgehead atoms. The van der Waals surface area contributed by atoms with Gasteiger partial charge in [-0.05, 0) is 37.8 Å². The van der Waals surface area contributed by atoms with E-state index >= 15 is 0 Å². The summed E-state index contributed by atoms with van der Waals surface area (Å²) in [6, 6.07) is 7.54. The van der Waals surface area contributed by atoms with Crippen molar-refractivity contribution in [2.45, 2.75) is 43.9 Å². The van der Waals surface area contributed by atoms with Gasteiger partial charge in [0.05, 0.1) is 12.4 Å². The normalized spacial score (nSPS) is 24.1. The first-order valence-electron chi connectivity index (χ1n) is 9.00. The van der Waals surface area contributed by atoms with Crippen LogP contribution in [0.2, 0.25) is 0 Å². The number of nitrogens with zero attached hydrogens (tertiary/aromatic N) is 2. The van der Waals surface area contributed by atoms with Crippen LogP contribution in [0.3, 0.4) is 0 Å². The summed E-state index contributed by atoms with van der Waals surface area (Å²) in [5.74, 6) is 0.573. The number of rotatable bonds is 4. The highest BCUT2D eigenvalue weighted by Crippen LogP contribution is 2.31. The lowest BCUT2D eigenvalue weighted by atomic mass is 9.93. The maximum Gasteiger partial charge on any atom is 0.316 e. The molecular weight excluding hydrogens is 353 g/mol. The van der Waals surface area contributed by atoms with Gasteiger partial charge in [0.2, 0.25) is 6.10 Å². The highest BCUT2D eigenvalue weighted by atomic mass is 19.1. The van der Waals surface area contributed by atoms with Crippen LogP contribution < -0.4 is 19.5 Å². The molecule has 8 heteroatoms. The molecule has 1 atom stereocenters. The molecule has 0 spiro atoms. The number of aromatic nitrogens is 2. The maximum absolute atomic E-state index is 12.8. The molecule has 2 aromatic rings. The van der Waals surface area contributed by atoms with Crippen LogP contribution in [0.5, 0.6) is 17.5 Å². The topological polar surface area (TPSA) is 82.6 Å². The molecule has 27 heavy (non-hydrogen) atoms. The number of para-hydroxylation sites is 2. The van der Waals surface area contributed by atoms with Crippen LogP contribution in [-0.2, 0) is 4.79 Å². The number of amides is 1. The number of hydrogen-bond donors (Lipinski definition) is 1. The fourth-order valence-electron chi connectivity index (χ4n) is 3.28. The van der Waals surface area contributed by atoms with Gasteiger partial charge in [0.1, 0.15) is 12.7 Å². The number of hydrogen-bond acceptors (Lipinski definition) is 6. The lowest BCUT2D eigenvalue weighted by molar-refractivity contribution is -0.131. The predicted octanol–water partition coefficient (Wildman–Crippen LogP) is 2.26. The van der Waals surface area contributed by atoms with Crippen molar-refractivity contribution in [3.05, 3.63) is 42.5 Å². The Labute approximate surface area is 155 Å². The minimum atomic E-state index is -0.651. The Bertz CT molecular complexity index is 794. The van der Waals surface area contributed by atoms with Gasteiger partial charge in [0, 0.05) is 6.04 Å². The molecule has 1 aliphatic heterocycles. The van der Waals surface area contributed by atoms with Crippen molar-refractivity contribution >= 4 is 5.91 Å². The van der Waals surface area contributed by atoms with Crippen molar-refractivity contribution in [1.82, 2.24) is 15.3 Å². The zero-order valence-corrected chi connectivity index (χ0v) is 14.6. The lowest BCUT2D eigenvalue weighted by Crippen LogP contribution is -2.49. The van der Waals surface area contributed by atoms with Gasteiger partial charge in [-0.1, -0.05) is 12.1 Å². The SMILES string of the molecule is O=C(NC1CCC(Oc2ncc(F)cn2)CC1)[C@H]1COc2ccccc2O1. The summed E-state index contributed by atoms with van der Waals surface area (Å²) >= 11 is 0. The first-order valence-corrected chi connectivity index (χ1v) is 9.00. The monoisotopic (exact) mass is 373 g/mol. The van der Waals surface area contributed by atoms with Gasteiger partial charge in [0.25, 0.3) is 5.91 Å². The first-order chi connectivity index (χ1) is 13.2. The Morgan fingerprint density at radius 3 is 2.56 bits per heavy atom. The molecule has 2 heterocycles. The highest BCUT2D eigenvalue weighted by Gasteiger charge is 2.30. The molecule has 1 aromatic heterocycles. The summed E-state index contributed by atoms with van der Waals surface area (Å²) in [6.07, 6.45) is 4.56.